The number of hydrogen-bond acceptors (Lipinski definition) is 7. The Morgan fingerprint density at radius 3 is 2.62 bits per heavy atom. The normalized spacial score (nSPS) is 17.8. The predicted octanol–water partition coefficient (Wildman–Crippen LogP) is 2.31. The molecule has 1 unspecified atom stereocenters. The molecule has 1 N–H and O–H groups in total. The molecule has 9 nitrogen and oxygen atoms in total. The van der Waals surface area contributed by atoms with Crippen molar-refractivity contribution in [3.8, 4) is 0 Å². The number of anilines is 1. The first-order valence-corrected chi connectivity index (χ1v) is 7.83. The van der Waals surface area contributed by atoms with Crippen molar-refractivity contribution in [2.75, 3.05) is 24.6 Å². The van der Waals surface area contributed by atoms with Crippen molar-refractivity contribution in [1.82, 2.24) is 0 Å². The molecular formula is C15H21N3O6. The summed E-state index contributed by atoms with van der Waals surface area (Å²) < 4.78 is 5.59. The van der Waals surface area contributed by atoms with Crippen LogP contribution in [0.5, 0.6) is 0 Å². The van der Waals surface area contributed by atoms with Gasteiger partial charge in [0.1, 0.15) is 0 Å². The summed E-state index contributed by atoms with van der Waals surface area (Å²) in [5.74, 6) is 0. The molecule has 132 valence electrons. The number of benzene rings is 1. The van der Waals surface area contributed by atoms with Gasteiger partial charge in [0.2, 0.25) is 0 Å². The average molecular weight is 339 g/mol. The predicted molar refractivity (Wildman–Crippen MR) is 87.3 cm³/mol. The molecule has 1 aromatic carbocycles. The molecule has 1 heterocycles. The van der Waals surface area contributed by atoms with E-state index in [1.165, 1.54) is 13.0 Å². The van der Waals surface area contributed by atoms with Crippen molar-refractivity contribution in [3.05, 3.63) is 37.4 Å². The van der Waals surface area contributed by atoms with Gasteiger partial charge in [-0.25, -0.2) is 0 Å². The molecule has 0 aromatic heterocycles. The zero-order chi connectivity index (χ0) is 17.9. The molecule has 0 aliphatic carbocycles. The first-order valence-electron chi connectivity index (χ1n) is 7.83. The Kier molecular flexibility index (Phi) is 5.68. The van der Waals surface area contributed by atoms with E-state index in [2.05, 4.69) is 0 Å². The maximum atomic E-state index is 11.6. The third-order valence-electron chi connectivity index (χ3n) is 4.26. The number of hydrogen-bond donors (Lipinski definition) is 1. The van der Waals surface area contributed by atoms with Crippen molar-refractivity contribution < 1.29 is 19.7 Å². The lowest BCUT2D eigenvalue weighted by atomic mass is 10.0. The molecule has 9 heteroatoms. The molecule has 0 spiro atoms. The Labute approximate surface area is 139 Å². The van der Waals surface area contributed by atoms with Crippen LogP contribution in [-0.4, -0.2) is 40.8 Å². The van der Waals surface area contributed by atoms with Gasteiger partial charge in [-0.1, -0.05) is 0 Å². The smallest absolute Gasteiger partial charge is 0.302 e. The third kappa shape index (κ3) is 3.46. The van der Waals surface area contributed by atoms with Crippen LogP contribution in [-0.2, 0) is 11.3 Å². The second kappa shape index (κ2) is 7.54. The van der Waals surface area contributed by atoms with E-state index in [4.69, 9.17) is 4.74 Å². The van der Waals surface area contributed by atoms with Crippen molar-refractivity contribution in [3.63, 3.8) is 0 Å². The van der Waals surface area contributed by atoms with Gasteiger partial charge in [-0.05, 0) is 32.3 Å². The molecule has 2 rings (SSSR count). The Hall–Kier alpha value is -2.26. The molecule has 0 radical (unpaired) electrons. The van der Waals surface area contributed by atoms with E-state index in [0.29, 0.717) is 19.7 Å². The van der Waals surface area contributed by atoms with Crippen LogP contribution in [0.1, 0.15) is 30.9 Å². The summed E-state index contributed by atoms with van der Waals surface area (Å²) in [4.78, 5) is 23.5. The van der Waals surface area contributed by atoms with Crippen molar-refractivity contribution >= 4 is 17.1 Å². The second-order valence-corrected chi connectivity index (χ2v) is 5.71. The third-order valence-corrected chi connectivity index (χ3v) is 4.26. The van der Waals surface area contributed by atoms with E-state index >= 15 is 0 Å². The van der Waals surface area contributed by atoms with Crippen LogP contribution in [0.15, 0.2) is 6.07 Å². The van der Waals surface area contributed by atoms with Crippen molar-refractivity contribution in [1.29, 1.82) is 0 Å². The fourth-order valence-electron chi connectivity index (χ4n) is 3.14. The van der Waals surface area contributed by atoms with Gasteiger partial charge in [0.05, 0.1) is 22.6 Å². The summed E-state index contributed by atoms with van der Waals surface area (Å²) in [6.07, 6.45) is 1.44. The van der Waals surface area contributed by atoms with E-state index < -0.39 is 16.5 Å². The van der Waals surface area contributed by atoms with Gasteiger partial charge in [-0.2, -0.15) is 0 Å². The topological polar surface area (TPSA) is 119 Å². The van der Waals surface area contributed by atoms with Gasteiger partial charge in [-0.3, -0.25) is 20.2 Å². The number of aliphatic hydroxyl groups excluding tert-OH is 1. The minimum Gasteiger partial charge on any atom is -0.392 e. The molecule has 0 amide bonds. The number of piperidine rings is 1. The summed E-state index contributed by atoms with van der Waals surface area (Å²) in [6.45, 7) is 4.25. The molecule has 0 saturated carbocycles. The molecule has 24 heavy (non-hydrogen) atoms. The fraction of sp³-hybridized carbons (Fsp3) is 0.600. The lowest BCUT2D eigenvalue weighted by molar-refractivity contribution is -0.393. The van der Waals surface area contributed by atoms with Gasteiger partial charge in [0.15, 0.2) is 5.69 Å². The second-order valence-electron chi connectivity index (χ2n) is 5.71. The molecule has 1 atom stereocenters. The van der Waals surface area contributed by atoms with Gasteiger partial charge < -0.3 is 14.7 Å². The van der Waals surface area contributed by atoms with Crippen LogP contribution in [0.3, 0.4) is 0 Å². The van der Waals surface area contributed by atoms with Crippen LogP contribution in [0.4, 0.5) is 17.1 Å². The van der Waals surface area contributed by atoms with E-state index in [1.54, 1.807) is 4.90 Å². The van der Waals surface area contributed by atoms with E-state index in [1.807, 2.05) is 6.92 Å². The minimum atomic E-state index is -0.634. The SMILES string of the molecule is CCOC1CCCN(c2c([N+](=O)[O-])cc(CO)c(C)c2[N+](=O)[O-])C1. The summed E-state index contributed by atoms with van der Waals surface area (Å²) in [5, 5.41) is 32.4. The maximum absolute atomic E-state index is 11.6. The van der Waals surface area contributed by atoms with Gasteiger partial charge in [-0.15, -0.1) is 0 Å². The van der Waals surface area contributed by atoms with Crippen LogP contribution < -0.4 is 4.90 Å². The Balaban J connectivity index is 2.59. The van der Waals surface area contributed by atoms with E-state index in [9.17, 15) is 25.3 Å². The number of ether oxygens (including phenoxy) is 1. The summed E-state index contributed by atoms with van der Waals surface area (Å²) in [5.41, 5.74) is -0.222. The van der Waals surface area contributed by atoms with Crippen molar-refractivity contribution in [2.45, 2.75) is 39.4 Å². The standard InChI is InChI=1S/C15H21N3O6/c1-3-24-12-5-4-6-16(8-12)15-13(17(20)21)7-11(9-19)10(2)14(15)18(22)23/h7,12,19H,3-6,8-9H2,1-2H3. The Morgan fingerprint density at radius 1 is 1.38 bits per heavy atom. The quantitative estimate of drug-likeness (QED) is 0.624. The highest BCUT2D eigenvalue weighted by Gasteiger charge is 2.35. The van der Waals surface area contributed by atoms with E-state index in [0.717, 1.165) is 12.8 Å². The molecule has 1 aliphatic rings. The zero-order valence-electron chi connectivity index (χ0n) is 13.7. The number of rotatable bonds is 6. The highest BCUT2D eigenvalue weighted by molar-refractivity contribution is 5.79. The molecule has 1 fully saturated rings. The lowest BCUT2D eigenvalue weighted by Crippen LogP contribution is -2.40. The monoisotopic (exact) mass is 339 g/mol. The van der Waals surface area contributed by atoms with Gasteiger partial charge >= 0.3 is 5.69 Å². The zero-order valence-corrected chi connectivity index (χ0v) is 13.7. The highest BCUT2D eigenvalue weighted by atomic mass is 16.6. The molecule has 1 aromatic rings. The van der Waals surface area contributed by atoms with Crippen LogP contribution in [0, 0.1) is 27.2 Å². The first-order chi connectivity index (χ1) is 11.4. The van der Waals surface area contributed by atoms with Crippen molar-refractivity contribution in [2.24, 2.45) is 0 Å². The Bertz CT molecular complexity index is 647. The Morgan fingerprint density at radius 2 is 2.08 bits per heavy atom. The van der Waals surface area contributed by atoms with Gasteiger partial charge in [0, 0.05) is 31.3 Å². The molecule has 0 bridgehead atoms. The van der Waals surface area contributed by atoms with Crippen LogP contribution in [0.25, 0.3) is 0 Å². The number of nitro groups is 2. The van der Waals surface area contributed by atoms with E-state index in [-0.39, 0.29) is 34.3 Å². The molecular weight excluding hydrogens is 318 g/mol. The summed E-state index contributed by atoms with van der Waals surface area (Å²) in [7, 11) is 0. The number of nitrogens with zero attached hydrogens (tertiary/aromatic N) is 3. The minimum absolute atomic E-state index is 0.00380. The summed E-state index contributed by atoms with van der Waals surface area (Å²) in [6, 6.07) is 1.22. The average Bonchev–Trinajstić information content (AvgIpc) is 2.54. The largest absolute Gasteiger partial charge is 0.392 e. The van der Waals surface area contributed by atoms with Crippen LogP contribution in [0.2, 0.25) is 0 Å². The van der Waals surface area contributed by atoms with Crippen LogP contribution >= 0.6 is 0 Å². The highest BCUT2D eigenvalue weighted by Crippen LogP contribution is 2.42. The first kappa shape index (κ1) is 18.1. The molecule has 1 aliphatic heterocycles. The number of aliphatic hydroxyl groups is 1. The number of nitro benzene ring substituents is 2. The lowest BCUT2D eigenvalue weighted by Gasteiger charge is -2.33. The maximum Gasteiger partial charge on any atom is 0.302 e. The summed E-state index contributed by atoms with van der Waals surface area (Å²) >= 11 is 0. The molecule has 1 saturated heterocycles. The fourth-order valence-corrected chi connectivity index (χ4v) is 3.14. The van der Waals surface area contributed by atoms with Gasteiger partial charge in [0.25, 0.3) is 5.69 Å².